The van der Waals surface area contributed by atoms with Gasteiger partial charge in [-0.1, -0.05) is 0 Å². The highest BCUT2D eigenvalue weighted by Crippen LogP contribution is 2.30. The Morgan fingerprint density at radius 3 is 3.33 bits per heavy atom. The lowest BCUT2D eigenvalue weighted by molar-refractivity contribution is 0.274. The first-order valence-electron chi connectivity index (χ1n) is 4.16. The summed E-state index contributed by atoms with van der Waals surface area (Å²) in [7, 11) is 2.09. The standard InChI is InChI=1S/C9H13N3/c1-12-6-7-5-11-3-2-8(7)9(12)4-10/h2-3,5,9H,4,6,10H2,1H3. The number of rotatable bonds is 1. The van der Waals surface area contributed by atoms with E-state index >= 15 is 0 Å². The summed E-state index contributed by atoms with van der Waals surface area (Å²) in [5.74, 6) is 0. The maximum atomic E-state index is 5.68. The van der Waals surface area contributed by atoms with Gasteiger partial charge in [0, 0.05) is 31.5 Å². The fraction of sp³-hybridized carbons (Fsp3) is 0.444. The van der Waals surface area contributed by atoms with Crippen molar-refractivity contribution in [2.75, 3.05) is 13.6 Å². The van der Waals surface area contributed by atoms with Crippen LogP contribution in [0.15, 0.2) is 18.5 Å². The van der Waals surface area contributed by atoms with Crippen molar-refractivity contribution >= 4 is 0 Å². The SMILES string of the molecule is CN1Cc2cnccc2C1CN. The zero-order valence-electron chi connectivity index (χ0n) is 7.20. The van der Waals surface area contributed by atoms with Crippen LogP contribution in [0.3, 0.4) is 0 Å². The van der Waals surface area contributed by atoms with Gasteiger partial charge in [0.2, 0.25) is 0 Å². The molecule has 1 atom stereocenters. The van der Waals surface area contributed by atoms with E-state index < -0.39 is 0 Å². The Morgan fingerprint density at radius 2 is 2.58 bits per heavy atom. The lowest BCUT2D eigenvalue weighted by Crippen LogP contribution is -2.23. The monoisotopic (exact) mass is 163 g/mol. The minimum absolute atomic E-state index is 0.392. The Labute approximate surface area is 72.2 Å². The normalized spacial score (nSPS) is 22.7. The average Bonchev–Trinajstić information content (AvgIpc) is 2.40. The summed E-state index contributed by atoms with van der Waals surface area (Å²) >= 11 is 0. The number of fused-ring (bicyclic) bond motifs is 1. The molecular formula is C9H13N3. The van der Waals surface area contributed by atoms with Gasteiger partial charge in [-0.2, -0.15) is 0 Å². The van der Waals surface area contributed by atoms with E-state index in [1.54, 1.807) is 0 Å². The molecule has 3 nitrogen and oxygen atoms in total. The highest BCUT2D eigenvalue weighted by Gasteiger charge is 2.25. The van der Waals surface area contributed by atoms with Gasteiger partial charge in [0.1, 0.15) is 0 Å². The molecule has 1 aromatic rings. The molecular weight excluding hydrogens is 150 g/mol. The van der Waals surface area contributed by atoms with Gasteiger partial charge < -0.3 is 5.73 Å². The van der Waals surface area contributed by atoms with E-state index in [0.717, 1.165) is 6.54 Å². The third kappa shape index (κ3) is 1.02. The maximum Gasteiger partial charge on any atom is 0.0475 e. The van der Waals surface area contributed by atoms with E-state index in [2.05, 4.69) is 23.0 Å². The number of nitrogens with two attached hydrogens (primary N) is 1. The Kier molecular flexibility index (Phi) is 1.83. The molecule has 0 saturated heterocycles. The zero-order valence-corrected chi connectivity index (χ0v) is 7.20. The quantitative estimate of drug-likeness (QED) is 0.656. The Balaban J connectivity index is 2.40. The van der Waals surface area contributed by atoms with Crippen molar-refractivity contribution < 1.29 is 0 Å². The summed E-state index contributed by atoms with van der Waals surface area (Å²) in [5, 5.41) is 0. The number of hydrogen-bond donors (Lipinski definition) is 1. The lowest BCUT2D eigenvalue weighted by atomic mass is 10.1. The molecule has 0 fully saturated rings. The van der Waals surface area contributed by atoms with Crippen molar-refractivity contribution in [3.8, 4) is 0 Å². The molecule has 2 N–H and O–H groups in total. The third-order valence-electron chi connectivity index (χ3n) is 2.48. The molecule has 3 heteroatoms. The zero-order chi connectivity index (χ0) is 8.55. The van der Waals surface area contributed by atoms with E-state index in [1.807, 2.05) is 12.4 Å². The Hall–Kier alpha value is -0.930. The Morgan fingerprint density at radius 1 is 1.75 bits per heavy atom. The summed E-state index contributed by atoms with van der Waals surface area (Å²) in [6.45, 7) is 1.67. The fourth-order valence-electron chi connectivity index (χ4n) is 1.82. The van der Waals surface area contributed by atoms with Crippen LogP contribution in [0, 0.1) is 0 Å². The van der Waals surface area contributed by atoms with Gasteiger partial charge in [0.25, 0.3) is 0 Å². The summed E-state index contributed by atoms with van der Waals surface area (Å²) < 4.78 is 0. The first kappa shape index (κ1) is 7.71. The molecule has 0 radical (unpaired) electrons. The highest BCUT2D eigenvalue weighted by atomic mass is 15.2. The molecule has 0 spiro atoms. The molecule has 0 aliphatic carbocycles. The molecule has 0 amide bonds. The van der Waals surface area contributed by atoms with Crippen LogP contribution in [0.5, 0.6) is 0 Å². The largest absolute Gasteiger partial charge is 0.329 e. The second-order valence-electron chi connectivity index (χ2n) is 3.24. The van der Waals surface area contributed by atoms with E-state index in [-0.39, 0.29) is 0 Å². The summed E-state index contributed by atoms with van der Waals surface area (Å²) in [6, 6.07) is 2.46. The van der Waals surface area contributed by atoms with E-state index in [0.29, 0.717) is 12.6 Å². The molecule has 0 saturated carbocycles. The number of likely N-dealkylation sites (N-methyl/N-ethyl adjacent to an activating group) is 1. The van der Waals surface area contributed by atoms with Crippen molar-refractivity contribution in [1.29, 1.82) is 0 Å². The maximum absolute atomic E-state index is 5.68. The van der Waals surface area contributed by atoms with Gasteiger partial charge in [-0.15, -0.1) is 0 Å². The molecule has 12 heavy (non-hydrogen) atoms. The van der Waals surface area contributed by atoms with Crippen LogP contribution >= 0.6 is 0 Å². The van der Waals surface area contributed by atoms with Crippen LogP contribution < -0.4 is 5.73 Å². The van der Waals surface area contributed by atoms with Crippen LogP contribution in [0.1, 0.15) is 17.2 Å². The number of hydrogen-bond acceptors (Lipinski definition) is 3. The van der Waals surface area contributed by atoms with Crippen LogP contribution in [-0.4, -0.2) is 23.5 Å². The smallest absolute Gasteiger partial charge is 0.0475 e. The molecule has 64 valence electrons. The van der Waals surface area contributed by atoms with Gasteiger partial charge >= 0.3 is 0 Å². The van der Waals surface area contributed by atoms with Crippen molar-refractivity contribution in [1.82, 2.24) is 9.88 Å². The summed E-state index contributed by atoms with van der Waals surface area (Å²) in [5.41, 5.74) is 8.33. The second-order valence-corrected chi connectivity index (χ2v) is 3.24. The average molecular weight is 163 g/mol. The van der Waals surface area contributed by atoms with E-state index in [4.69, 9.17) is 5.73 Å². The van der Waals surface area contributed by atoms with Gasteiger partial charge in [0.05, 0.1) is 0 Å². The van der Waals surface area contributed by atoms with E-state index in [1.165, 1.54) is 11.1 Å². The highest BCUT2D eigenvalue weighted by molar-refractivity contribution is 5.31. The molecule has 2 heterocycles. The second kappa shape index (κ2) is 2.84. The molecule has 1 aromatic heterocycles. The molecule has 1 aliphatic rings. The third-order valence-corrected chi connectivity index (χ3v) is 2.48. The molecule has 1 aliphatic heterocycles. The van der Waals surface area contributed by atoms with Crippen molar-refractivity contribution in [2.45, 2.75) is 12.6 Å². The van der Waals surface area contributed by atoms with Crippen LogP contribution in [0.2, 0.25) is 0 Å². The minimum atomic E-state index is 0.392. The van der Waals surface area contributed by atoms with Gasteiger partial charge in [0.15, 0.2) is 0 Å². The Bertz CT molecular complexity index is 285. The van der Waals surface area contributed by atoms with Gasteiger partial charge in [-0.25, -0.2) is 0 Å². The van der Waals surface area contributed by atoms with Crippen LogP contribution in [0.25, 0.3) is 0 Å². The number of pyridine rings is 1. The fourth-order valence-corrected chi connectivity index (χ4v) is 1.82. The number of aromatic nitrogens is 1. The predicted molar refractivity (Wildman–Crippen MR) is 47.5 cm³/mol. The van der Waals surface area contributed by atoms with Gasteiger partial charge in [-0.3, -0.25) is 9.88 Å². The van der Waals surface area contributed by atoms with Crippen molar-refractivity contribution in [3.63, 3.8) is 0 Å². The van der Waals surface area contributed by atoms with Crippen molar-refractivity contribution in [2.24, 2.45) is 5.73 Å². The predicted octanol–water partition coefficient (Wildman–Crippen LogP) is 0.527. The molecule has 0 bridgehead atoms. The summed E-state index contributed by atoms with van der Waals surface area (Å²) in [4.78, 5) is 6.35. The lowest BCUT2D eigenvalue weighted by Gasteiger charge is -2.17. The van der Waals surface area contributed by atoms with Crippen LogP contribution in [0.4, 0.5) is 0 Å². The first-order chi connectivity index (χ1) is 5.83. The topological polar surface area (TPSA) is 42.2 Å². The number of nitrogens with zero attached hydrogens (tertiary/aromatic N) is 2. The summed E-state index contributed by atoms with van der Waals surface area (Å²) in [6.07, 6.45) is 3.77. The molecule has 2 rings (SSSR count). The van der Waals surface area contributed by atoms with Crippen molar-refractivity contribution in [3.05, 3.63) is 29.6 Å². The molecule has 0 aromatic carbocycles. The molecule has 1 unspecified atom stereocenters. The van der Waals surface area contributed by atoms with E-state index in [9.17, 15) is 0 Å². The minimum Gasteiger partial charge on any atom is -0.329 e. The van der Waals surface area contributed by atoms with Gasteiger partial charge in [-0.05, 0) is 24.2 Å². The first-order valence-corrected chi connectivity index (χ1v) is 4.16. The van der Waals surface area contributed by atoms with Crippen LogP contribution in [-0.2, 0) is 6.54 Å².